The number of hydrogen-bond donors (Lipinski definition) is 0. The average molecular weight is 434 g/mol. The first-order valence-electron chi connectivity index (χ1n) is 9.80. The lowest BCUT2D eigenvalue weighted by atomic mass is 10.1. The second-order valence-electron chi connectivity index (χ2n) is 7.11. The van der Waals surface area contributed by atoms with Crippen LogP contribution in [0.25, 0.3) is 22.0 Å². The molecule has 0 unspecified atom stereocenters. The first kappa shape index (κ1) is 23.3. The molecule has 0 spiro atoms. The van der Waals surface area contributed by atoms with Gasteiger partial charge in [-0.1, -0.05) is 31.2 Å². The Morgan fingerprint density at radius 2 is 1.62 bits per heavy atom. The van der Waals surface area contributed by atoms with Crippen LogP contribution in [-0.4, -0.2) is 49.7 Å². The van der Waals surface area contributed by atoms with Crippen LogP contribution in [0.3, 0.4) is 0 Å². The van der Waals surface area contributed by atoms with Gasteiger partial charge in [0, 0.05) is 37.1 Å². The Kier molecular flexibility index (Phi) is 8.57. The third-order valence-corrected chi connectivity index (χ3v) is 5.32. The maximum Gasteiger partial charge on any atom is 0.137 e. The second-order valence-corrected chi connectivity index (χ2v) is 7.11. The molecule has 1 aliphatic rings. The minimum Gasteiger partial charge on any atom is -0.497 e. The number of nitrogens with zero attached hydrogens (tertiary/aromatic N) is 3. The summed E-state index contributed by atoms with van der Waals surface area (Å²) in [5.74, 6) is 1.97. The van der Waals surface area contributed by atoms with Gasteiger partial charge in [-0.05, 0) is 48.7 Å². The number of pyridine rings is 1. The van der Waals surface area contributed by atoms with Gasteiger partial charge in [0.05, 0.1) is 12.8 Å². The summed E-state index contributed by atoms with van der Waals surface area (Å²) >= 11 is 0. The van der Waals surface area contributed by atoms with E-state index < -0.39 is 0 Å². The van der Waals surface area contributed by atoms with Gasteiger partial charge in [-0.15, -0.1) is 24.8 Å². The predicted octanol–water partition coefficient (Wildman–Crippen LogP) is 5.29. The Balaban J connectivity index is 0.00000150. The monoisotopic (exact) mass is 433 g/mol. The SMILES string of the molecule is CCCN1CCN(c2nc(-c3ccc(OC)cc3)cc3ccccc23)CC1.Cl.Cl. The van der Waals surface area contributed by atoms with E-state index >= 15 is 0 Å². The zero-order chi connectivity index (χ0) is 18.6. The minimum atomic E-state index is 0. The van der Waals surface area contributed by atoms with Gasteiger partial charge in [0.25, 0.3) is 0 Å². The number of fused-ring (bicyclic) bond motifs is 1. The van der Waals surface area contributed by atoms with Gasteiger partial charge in [-0.2, -0.15) is 0 Å². The van der Waals surface area contributed by atoms with Crippen molar-refractivity contribution < 1.29 is 4.74 Å². The lowest BCUT2D eigenvalue weighted by Crippen LogP contribution is -2.46. The number of benzene rings is 2. The van der Waals surface area contributed by atoms with Crippen molar-refractivity contribution in [1.29, 1.82) is 0 Å². The van der Waals surface area contributed by atoms with Crippen LogP contribution in [0.2, 0.25) is 0 Å². The fourth-order valence-corrected chi connectivity index (χ4v) is 3.83. The maximum atomic E-state index is 5.29. The van der Waals surface area contributed by atoms with Gasteiger partial charge >= 0.3 is 0 Å². The molecule has 156 valence electrons. The number of methoxy groups -OCH3 is 1. The van der Waals surface area contributed by atoms with Crippen molar-refractivity contribution in [3.8, 4) is 17.0 Å². The molecule has 0 saturated carbocycles. The number of halogens is 2. The number of piperazine rings is 1. The molecule has 1 saturated heterocycles. The zero-order valence-electron chi connectivity index (χ0n) is 17.0. The van der Waals surface area contributed by atoms with E-state index in [0.717, 1.165) is 49.0 Å². The Morgan fingerprint density at radius 3 is 2.28 bits per heavy atom. The van der Waals surface area contributed by atoms with Crippen LogP contribution >= 0.6 is 24.8 Å². The van der Waals surface area contributed by atoms with Crippen molar-refractivity contribution in [3.05, 3.63) is 54.6 Å². The summed E-state index contributed by atoms with van der Waals surface area (Å²) in [4.78, 5) is 10.1. The molecule has 0 aliphatic carbocycles. The summed E-state index contributed by atoms with van der Waals surface area (Å²) in [7, 11) is 1.69. The van der Waals surface area contributed by atoms with Crippen LogP contribution in [0, 0.1) is 0 Å². The van der Waals surface area contributed by atoms with Crippen molar-refractivity contribution >= 4 is 41.4 Å². The van der Waals surface area contributed by atoms with Crippen molar-refractivity contribution in [2.75, 3.05) is 44.7 Å². The van der Waals surface area contributed by atoms with E-state index in [9.17, 15) is 0 Å². The Bertz CT molecular complexity index is 910. The highest BCUT2D eigenvalue weighted by atomic mass is 35.5. The second kappa shape index (κ2) is 10.7. The van der Waals surface area contributed by atoms with E-state index in [-0.39, 0.29) is 24.8 Å². The van der Waals surface area contributed by atoms with Crippen LogP contribution in [0.4, 0.5) is 5.82 Å². The van der Waals surface area contributed by atoms with Crippen molar-refractivity contribution in [2.45, 2.75) is 13.3 Å². The van der Waals surface area contributed by atoms with Gasteiger partial charge in [-0.25, -0.2) is 4.98 Å². The van der Waals surface area contributed by atoms with Crippen LogP contribution < -0.4 is 9.64 Å². The predicted molar refractivity (Wildman–Crippen MR) is 127 cm³/mol. The third-order valence-electron chi connectivity index (χ3n) is 5.32. The van der Waals surface area contributed by atoms with E-state index in [4.69, 9.17) is 9.72 Å². The smallest absolute Gasteiger partial charge is 0.137 e. The quantitative estimate of drug-likeness (QED) is 0.546. The molecule has 6 heteroatoms. The lowest BCUT2D eigenvalue weighted by Gasteiger charge is -2.36. The standard InChI is InChI=1S/C23H27N3O.2ClH/c1-3-12-25-13-15-26(16-14-25)23-21-7-5-4-6-19(21)17-22(24-23)18-8-10-20(27-2)11-9-18;;/h4-11,17H,3,12-16H2,1-2H3;2*1H. The lowest BCUT2D eigenvalue weighted by molar-refractivity contribution is 0.258. The van der Waals surface area contributed by atoms with Crippen molar-refractivity contribution in [2.24, 2.45) is 0 Å². The molecule has 1 fully saturated rings. The maximum absolute atomic E-state index is 5.29. The molecule has 2 heterocycles. The van der Waals surface area contributed by atoms with Gasteiger partial charge in [0.1, 0.15) is 11.6 Å². The number of aromatic nitrogens is 1. The first-order chi connectivity index (χ1) is 13.3. The highest BCUT2D eigenvalue weighted by molar-refractivity contribution is 5.95. The number of rotatable bonds is 5. The molecule has 29 heavy (non-hydrogen) atoms. The Hall–Kier alpha value is -2.01. The van der Waals surface area contributed by atoms with Crippen molar-refractivity contribution in [1.82, 2.24) is 9.88 Å². The zero-order valence-corrected chi connectivity index (χ0v) is 18.6. The number of anilines is 1. The molecular formula is C23H29Cl2N3O. The third kappa shape index (κ3) is 5.13. The van der Waals surface area contributed by atoms with Crippen LogP contribution in [-0.2, 0) is 0 Å². The van der Waals surface area contributed by atoms with Crippen LogP contribution in [0.15, 0.2) is 54.6 Å². The fraction of sp³-hybridized carbons (Fsp3) is 0.348. The topological polar surface area (TPSA) is 28.6 Å². The van der Waals surface area contributed by atoms with Gasteiger partial charge in [0.2, 0.25) is 0 Å². The normalized spacial score (nSPS) is 14.2. The van der Waals surface area contributed by atoms with E-state index in [1.807, 2.05) is 12.1 Å². The minimum absolute atomic E-state index is 0. The Morgan fingerprint density at radius 1 is 0.931 bits per heavy atom. The largest absolute Gasteiger partial charge is 0.497 e. The van der Waals surface area contributed by atoms with E-state index in [0.29, 0.717) is 0 Å². The highest BCUT2D eigenvalue weighted by Crippen LogP contribution is 2.31. The molecule has 4 nitrogen and oxygen atoms in total. The van der Waals surface area contributed by atoms with E-state index in [1.54, 1.807) is 7.11 Å². The molecule has 3 aromatic rings. The molecule has 0 radical (unpaired) electrons. The van der Waals surface area contributed by atoms with E-state index in [1.165, 1.54) is 23.7 Å². The molecule has 0 bridgehead atoms. The summed E-state index contributed by atoms with van der Waals surface area (Å²) in [5.41, 5.74) is 2.13. The molecule has 1 aromatic heterocycles. The van der Waals surface area contributed by atoms with Crippen LogP contribution in [0.1, 0.15) is 13.3 Å². The summed E-state index contributed by atoms with van der Waals surface area (Å²) in [6.07, 6.45) is 1.22. The molecule has 2 aromatic carbocycles. The molecule has 0 N–H and O–H groups in total. The first-order valence-corrected chi connectivity index (χ1v) is 9.80. The highest BCUT2D eigenvalue weighted by Gasteiger charge is 2.20. The van der Waals surface area contributed by atoms with Gasteiger partial charge in [0.15, 0.2) is 0 Å². The van der Waals surface area contributed by atoms with E-state index in [2.05, 4.69) is 59.2 Å². The Labute approximate surface area is 185 Å². The van der Waals surface area contributed by atoms with Gasteiger partial charge in [-0.3, -0.25) is 4.90 Å². The number of ether oxygens (including phenoxy) is 1. The summed E-state index contributed by atoms with van der Waals surface area (Å²) in [6.45, 7) is 7.72. The molecule has 1 aliphatic heterocycles. The summed E-state index contributed by atoms with van der Waals surface area (Å²) in [5, 5.41) is 2.48. The average Bonchev–Trinajstić information content (AvgIpc) is 2.74. The number of hydrogen-bond acceptors (Lipinski definition) is 4. The molecular weight excluding hydrogens is 405 g/mol. The van der Waals surface area contributed by atoms with Crippen LogP contribution in [0.5, 0.6) is 5.75 Å². The molecule has 0 amide bonds. The van der Waals surface area contributed by atoms with Crippen molar-refractivity contribution in [3.63, 3.8) is 0 Å². The van der Waals surface area contributed by atoms with Gasteiger partial charge < -0.3 is 9.64 Å². The summed E-state index contributed by atoms with van der Waals surface area (Å²) < 4.78 is 5.29. The summed E-state index contributed by atoms with van der Waals surface area (Å²) in [6, 6.07) is 18.9. The molecule has 0 atom stereocenters. The fourth-order valence-electron chi connectivity index (χ4n) is 3.83. The molecule has 4 rings (SSSR count).